The molecule has 6 aliphatic rings. The number of halogens is 4. The molecule has 412 valence electrons. The van der Waals surface area contributed by atoms with Crippen molar-refractivity contribution in [2.24, 2.45) is 0 Å². The lowest BCUT2D eigenvalue weighted by Gasteiger charge is -2.40. The molecule has 0 saturated heterocycles. The summed E-state index contributed by atoms with van der Waals surface area (Å²) in [5.74, 6) is 3.51. The lowest BCUT2D eigenvalue weighted by molar-refractivity contribution is -0.0153. The molecule has 0 radical (unpaired) electrons. The minimum absolute atomic E-state index is 0.559. The first-order valence-electron chi connectivity index (χ1n) is 25.5. The Morgan fingerprint density at radius 2 is 0.628 bits per heavy atom. The Kier molecular flexibility index (Phi) is 19.8. The molecule has 5 aliphatic heterocycles. The molecule has 78 heavy (non-hydrogen) atoms. The summed E-state index contributed by atoms with van der Waals surface area (Å²) >= 11 is 0. The summed E-state index contributed by atoms with van der Waals surface area (Å²) in [5.41, 5.74) is 4.96. The van der Waals surface area contributed by atoms with Gasteiger partial charge in [-0.1, -0.05) is 84.9 Å². The molecule has 0 amide bonds. The maximum Gasteiger partial charge on any atom is 0.295 e. The monoisotopic (exact) mass is 1070 g/mol. The zero-order chi connectivity index (χ0) is 56.9. The van der Waals surface area contributed by atoms with Crippen LogP contribution < -0.4 is 19.3 Å². The van der Waals surface area contributed by atoms with Gasteiger partial charge in [0.15, 0.2) is 11.5 Å². The highest BCUT2D eigenvalue weighted by Gasteiger charge is 2.51. The summed E-state index contributed by atoms with van der Waals surface area (Å²) in [4.78, 5) is 4.67. The molecule has 0 saturated carbocycles. The summed E-state index contributed by atoms with van der Waals surface area (Å²) in [6.07, 6.45) is 3.03. The fourth-order valence-electron chi connectivity index (χ4n) is 8.11. The minimum atomic E-state index is -3.30. The van der Waals surface area contributed by atoms with Crippen LogP contribution in [0.15, 0.2) is 226 Å². The molecule has 0 aromatic heterocycles. The Morgan fingerprint density at radius 1 is 0.333 bits per heavy atom. The number of allylic oxidation sites excluding steroid dienone is 14. The molecule has 0 bridgehead atoms. The van der Waals surface area contributed by atoms with Crippen LogP contribution >= 0.6 is 0 Å². The van der Waals surface area contributed by atoms with Crippen LogP contribution in [0.1, 0.15) is 108 Å². The third kappa shape index (κ3) is 14.0. The van der Waals surface area contributed by atoms with E-state index in [9.17, 15) is 17.6 Å². The number of benzene rings is 5. The molecular formula is C64H70F4N2O8. The number of anilines is 4. The van der Waals surface area contributed by atoms with Gasteiger partial charge in [0.1, 0.15) is 83.3 Å². The average Bonchev–Trinajstić information content (AvgIpc) is 3.64. The molecule has 11 rings (SSSR count). The van der Waals surface area contributed by atoms with Crippen LogP contribution in [0.5, 0.6) is 11.5 Å². The minimum Gasteiger partial charge on any atom is -0.491 e. The van der Waals surface area contributed by atoms with Crippen LogP contribution in [0.4, 0.5) is 40.3 Å². The van der Waals surface area contributed by atoms with Gasteiger partial charge < -0.3 is 47.7 Å². The average molecular weight is 1070 g/mol. The van der Waals surface area contributed by atoms with E-state index in [4.69, 9.17) is 37.9 Å². The van der Waals surface area contributed by atoms with E-state index >= 15 is 0 Å². The predicted molar refractivity (Wildman–Crippen MR) is 300 cm³/mol. The largest absolute Gasteiger partial charge is 0.491 e. The second kappa shape index (κ2) is 26.2. The van der Waals surface area contributed by atoms with Crippen molar-refractivity contribution < 1.29 is 55.5 Å². The number of alkyl halides is 4. The molecule has 5 aromatic carbocycles. The van der Waals surface area contributed by atoms with Crippen LogP contribution in [0.2, 0.25) is 0 Å². The highest BCUT2D eigenvalue weighted by molar-refractivity contribution is 5.88. The molecule has 0 N–H and O–H groups in total. The third-order valence-corrected chi connectivity index (χ3v) is 13.4. The SMILES string of the molecule is CC1=C(C)C(F)(F)c2ccccc2C1(F)F.CC1=C(C)N(c2ccccc2)c2ccccc2N1c1ccccc1.CC1=C(C)OC(C)=C(C)O1.CC1=C(C)OC=CO1.CC1=C(C)OCCO1.CC1=C(C)Oc2ccccc2O1. The Hall–Kier alpha value is -8.26. The van der Waals surface area contributed by atoms with E-state index in [0.29, 0.717) is 13.2 Å². The second-order valence-corrected chi connectivity index (χ2v) is 18.6. The quantitative estimate of drug-likeness (QED) is 0.126. The number of hydrogen-bond donors (Lipinski definition) is 0. The zero-order valence-electron chi connectivity index (χ0n) is 46.9. The molecule has 10 nitrogen and oxygen atoms in total. The molecule has 1 aliphatic carbocycles. The number of nitrogens with zero attached hydrogens (tertiary/aromatic N) is 2. The standard InChI is InChI=1S/C22H20N2.C12H10F4.C10H10O2.C8H12O2.C6H10O2.C6H8O2/c1-17-18(2)24(20-13-7-4-8-14-20)22-16-10-9-15-21(22)23(17)19-11-5-3-6-12-19;1-7-8(2)12(15,16)10-6-4-3-5-9(10)11(7,13)14;1-7-8(2)12-10-6-4-3-5-9(10)11-7;1-5-6(2)10-8(4)7(3)9-5;2*1-5-6(2)8-4-3-7-5/h3-16H,1-2H3;3-6H,1-2H3;3-6H,1-2H3;1-4H3;3-4H2,1-2H3;3-4H,1-2H3. The van der Waals surface area contributed by atoms with E-state index in [1.54, 1.807) is 0 Å². The van der Waals surface area contributed by atoms with Crippen molar-refractivity contribution in [1.82, 2.24) is 0 Å². The first-order chi connectivity index (χ1) is 37.1. The molecule has 0 atom stereocenters. The smallest absolute Gasteiger partial charge is 0.295 e. The van der Waals surface area contributed by atoms with E-state index < -0.39 is 34.1 Å². The van der Waals surface area contributed by atoms with Gasteiger partial charge in [-0.25, -0.2) is 0 Å². The van der Waals surface area contributed by atoms with Crippen molar-refractivity contribution in [3.8, 4) is 11.5 Å². The predicted octanol–water partition coefficient (Wildman–Crippen LogP) is 18.7. The zero-order valence-corrected chi connectivity index (χ0v) is 46.9. The summed E-state index contributed by atoms with van der Waals surface area (Å²) in [7, 11) is 0. The van der Waals surface area contributed by atoms with Crippen molar-refractivity contribution in [3.05, 3.63) is 237 Å². The lowest BCUT2D eigenvalue weighted by atomic mass is 9.82. The lowest BCUT2D eigenvalue weighted by Crippen LogP contribution is -2.32. The van der Waals surface area contributed by atoms with Gasteiger partial charge in [0.2, 0.25) is 0 Å². The number of fused-ring (bicyclic) bond motifs is 3. The normalized spacial score (nSPS) is 17.3. The first kappa shape index (κ1) is 59.0. The second-order valence-electron chi connectivity index (χ2n) is 18.6. The molecule has 0 spiro atoms. The number of ether oxygens (including phenoxy) is 8. The molecule has 0 fully saturated rings. The fraction of sp³-hybridized carbons (Fsp3) is 0.281. The number of rotatable bonds is 2. The van der Waals surface area contributed by atoms with Gasteiger partial charge in [0, 0.05) is 45.0 Å². The summed E-state index contributed by atoms with van der Waals surface area (Å²) < 4.78 is 97.1. The van der Waals surface area contributed by atoms with Crippen LogP contribution in [-0.4, -0.2) is 13.2 Å². The van der Waals surface area contributed by atoms with Crippen LogP contribution in [-0.2, 0) is 40.3 Å². The molecule has 14 heteroatoms. The number of hydrogen-bond acceptors (Lipinski definition) is 10. The van der Waals surface area contributed by atoms with Gasteiger partial charge in [-0.2, -0.15) is 17.6 Å². The van der Waals surface area contributed by atoms with E-state index in [0.717, 1.165) is 95.1 Å². The molecule has 5 aromatic rings. The van der Waals surface area contributed by atoms with Crippen LogP contribution in [0.3, 0.4) is 0 Å². The van der Waals surface area contributed by atoms with Gasteiger partial charge in [0.05, 0.1) is 11.4 Å². The molecule has 5 heterocycles. The van der Waals surface area contributed by atoms with Crippen LogP contribution in [0.25, 0.3) is 0 Å². The fourth-order valence-corrected chi connectivity index (χ4v) is 8.11. The maximum absolute atomic E-state index is 13.8. The van der Waals surface area contributed by atoms with Crippen LogP contribution in [0, 0.1) is 0 Å². The van der Waals surface area contributed by atoms with Crippen molar-refractivity contribution >= 4 is 22.7 Å². The summed E-state index contributed by atoms with van der Waals surface area (Å²) in [6, 6.07) is 42.1. The summed E-state index contributed by atoms with van der Waals surface area (Å²) in [6.45, 7) is 26.8. The first-order valence-corrected chi connectivity index (χ1v) is 25.5. The van der Waals surface area contributed by atoms with E-state index in [-0.39, 0.29) is 0 Å². The van der Waals surface area contributed by atoms with Crippen molar-refractivity contribution in [2.75, 3.05) is 23.0 Å². The van der Waals surface area contributed by atoms with E-state index in [1.807, 2.05) is 93.5 Å². The van der Waals surface area contributed by atoms with Gasteiger partial charge in [0.25, 0.3) is 11.8 Å². The Morgan fingerprint density at radius 3 is 0.949 bits per heavy atom. The topological polar surface area (TPSA) is 80.3 Å². The van der Waals surface area contributed by atoms with Crippen molar-refractivity contribution in [1.29, 1.82) is 0 Å². The Labute approximate surface area is 457 Å². The van der Waals surface area contributed by atoms with Gasteiger partial charge in [-0.15, -0.1) is 0 Å². The maximum atomic E-state index is 13.8. The van der Waals surface area contributed by atoms with E-state index in [1.165, 1.54) is 58.8 Å². The van der Waals surface area contributed by atoms with E-state index in [2.05, 4.69) is 109 Å². The van der Waals surface area contributed by atoms with Crippen molar-refractivity contribution in [2.45, 2.75) is 109 Å². The third-order valence-electron chi connectivity index (χ3n) is 13.4. The summed E-state index contributed by atoms with van der Waals surface area (Å²) in [5, 5.41) is 0. The molecule has 0 unspecified atom stereocenters. The number of para-hydroxylation sites is 6. The highest BCUT2D eigenvalue weighted by atomic mass is 19.3. The Balaban J connectivity index is 0.000000160. The van der Waals surface area contributed by atoms with Gasteiger partial charge >= 0.3 is 0 Å². The van der Waals surface area contributed by atoms with Crippen molar-refractivity contribution in [3.63, 3.8) is 0 Å². The Bertz CT molecular complexity index is 2950. The highest BCUT2D eigenvalue weighted by Crippen LogP contribution is 2.52. The van der Waals surface area contributed by atoms with Gasteiger partial charge in [-0.05, 0) is 145 Å². The van der Waals surface area contributed by atoms with Gasteiger partial charge in [-0.3, -0.25) is 0 Å². The molecular weight excluding hydrogens is 1000 g/mol.